The van der Waals surface area contributed by atoms with E-state index in [2.05, 4.69) is 5.32 Å². The van der Waals surface area contributed by atoms with E-state index in [0.29, 0.717) is 11.3 Å². The molecule has 1 atom stereocenters. The third-order valence-electron chi connectivity index (χ3n) is 3.38. The first-order valence-electron chi connectivity index (χ1n) is 6.52. The topological polar surface area (TPSA) is 75.7 Å². The van der Waals surface area contributed by atoms with Crippen molar-refractivity contribution in [1.82, 2.24) is 10.2 Å². The van der Waals surface area contributed by atoms with Crippen LogP contribution in [0, 0.1) is 5.82 Å². The number of allylic oxidation sites excluding steroid dienone is 1. The Morgan fingerprint density at radius 3 is 2.36 bits per heavy atom. The summed E-state index contributed by atoms with van der Waals surface area (Å²) < 4.78 is 17.9. The van der Waals surface area contributed by atoms with E-state index in [0.717, 1.165) is 4.90 Å². The third-order valence-corrected chi connectivity index (χ3v) is 3.38. The molecule has 22 heavy (non-hydrogen) atoms. The highest BCUT2D eigenvalue weighted by Crippen LogP contribution is 2.34. The number of imide groups is 1. The zero-order valence-electron chi connectivity index (χ0n) is 12.3. The minimum atomic E-state index is -0.959. The molecule has 0 aromatic heterocycles. The van der Waals surface area contributed by atoms with Crippen molar-refractivity contribution in [2.24, 2.45) is 0 Å². The zero-order valence-corrected chi connectivity index (χ0v) is 12.3. The fourth-order valence-corrected chi connectivity index (χ4v) is 2.40. The Balaban J connectivity index is 2.64. The van der Waals surface area contributed by atoms with Gasteiger partial charge >= 0.3 is 12.0 Å². The summed E-state index contributed by atoms with van der Waals surface area (Å²) in [5, 5.41) is 2.46. The molecule has 0 unspecified atom stereocenters. The second-order valence-electron chi connectivity index (χ2n) is 4.80. The standard InChI is InChI=1S/C15H15FN2O4/c1-8-12(14(20)22-3)13(10-4-6-11(16)7-5-10)18(9(2)19)15(21)17-8/h4-7,13H,1-3H3,(H,17,21)/t13-/m0/s1. The van der Waals surface area contributed by atoms with Crippen LogP contribution < -0.4 is 5.32 Å². The maximum absolute atomic E-state index is 13.1. The van der Waals surface area contributed by atoms with Crippen LogP contribution in [0.4, 0.5) is 9.18 Å². The van der Waals surface area contributed by atoms with Gasteiger partial charge in [-0.2, -0.15) is 0 Å². The molecule has 0 saturated heterocycles. The Morgan fingerprint density at radius 1 is 1.27 bits per heavy atom. The zero-order chi connectivity index (χ0) is 16.4. The molecule has 1 N–H and O–H groups in total. The predicted molar refractivity (Wildman–Crippen MR) is 74.9 cm³/mol. The lowest BCUT2D eigenvalue weighted by atomic mass is 9.93. The number of nitrogens with one attached hydrogen (secondary N) is 1. The average Bonchev–Trinajstić information content (AvgIpc) is 2.46. The minimum absolute atomic E-state index is 0.129. The van der Waals surface area contributed by atoms with Crippen molar-refractivity contribution < 1.29 is 23.5 Å². The highest BCUT2D eigenvalue weighted by Gasteiger charge is 2.40. The second-order valence-corrected chi connectivity index (χ2v) is 4.80. The number of hydrogen-bond donors (Lipinski definition) is 1. The van der Waals surface area contributed by atoms with Crippen LogP contribution in [0.2, 0.25) is 0 Å². The number of urea groups is 1. The van der Waals surface area contributed by atoms with Gasteiger partial charge in [0.05, 0.1) is 12.7 Å². The lowest BCUT2D eigenvalue weighted by Gasteiger charge is -2.35. The lowest BCUT2D eigenvalue weighted by Crippen LogP contribution is -2.50. The minimum Gasteiger partial charge on any atom is -0.466 e. The second kappa shape index (κ2) is 5.97. The van der Waals surface area contributed by atoms with Crippen LogP contribution in [0.5, 0.6) is 0 Å². The lowest BCUT2D eigenvalue weighted by molar-refractivity contribution is -0.137. The number of carbonyl (C=O) groups excluding carboxylic acids is 3. The van der Waals surface area contributed by atoms with Crippen LogP contribution in [0.25, 0.3) is 0 Å². The van der Waals surface area contributed by atoms with Crippen LogP contribution in [-0.4, -0.2) is 29.9 Å². The van der Waals surface area contributed by atoms with Gasteiger partial charge in [-0.25, -0.2) is 14.0 Å². The number of ether oxygens (including phenoxy) is 1. The van der Waals surface area contributed by atoms with E-state index >= 15 is 0 Å². The maximum atomic E-state index is 13.1. The van der Waals surface area contributed by atoms with Gasteiger partial charge in [-0.3, -0.25) is 9.69 Å². The van der Waals surface area contributed by atoms with Crippen molar-refractivity contribution in [1.29, 1.82) is 0 Å². The molecule has 6 nitrogen and oxygen atoms in total. The van der Waals surface area contributed by atoms with Crippen molar-refractivity contribution in [3.63, 3.8) is 0 Å². The van der Waals surface area contributed by atoms with Gasteiger partial charge in [0.15, 0.2) is 0 Å². The molecule has 1 aromatic rings. The molecule has 0 radical (unpaired) electrons. The van der Waals surface area contributed by atoms with E-state index in [1.807, 2.05) is 0 Å². The molecule has 3 amide bonds. The van der Waals surface area contributed by atoms with E-state index in [9.17, 15) is 18.8 Å². The predicted octanol–water partition coefficient (Wildman–Crippen LogP) is 1.89. The van der Waals surface area contributed by atoms with Crippen molar-refractivity contribution >= 4 is 17.9 Å². The summed E-state index contributed by atoms with van der Waals surface area (Å²) in [5.74, 6) is -1.67. The van der Waals surface area contributed by atoms with Gasteiger partial charge in [0, 0.05) is 12.6 Å². The summed E-state index contributed by atoms with van der Waals surface area (Å²) in [7, 11) is 1.21. The molecule has 1 aliphatic heterocycles. The van der Waals surface area contributed by atoms with E-state index < -0.39 is 29.8 Å². The van der Waals surface area contributed by atoms with E-state index in [-0.39, 0.29) is 5.57 Å². The van der Waals surface area contributed by atoms with Crippen LogP contribution >= 0.6 is 0 Å². The normalized spacial score (nSPS) is 18.1. The maximum Gasteiger partial charge on any atom is 0.337 e. The summed E-state index contributed by atoms with van der Waals surface area (Å²) in [6.45, 7) is 2.75. The number of benzene rings is 1. The number of nitrogens with zero attached hydrogens (tertiary/aromatic N) is 1. The van der Waals surface area contributed by atoms with Gasteiger partial charge in [0.1, 0.15) is 11.9 Å². The molecule has 1 heterocycles. The molecular weight excluding hydrogens is 291 g/mol. The third kappa shape index (κ3) is 2.69. The number of methoxy groups -OCH3 is 1. The SMILES string of the molecule is COC(=O)C1=C(C)NC(=O)N(C(C)=O)[C@H]1c1ccc(F)cc1. The van der Waals surface area contributed by atoms with Crippen molar-refractivity contribution in [2.75, 3.05) is 7.11 Å². The van der Waals surface area contributed by atoms with Crippen LogP contribution in [0.1, 0.15) is 25.5 Å². The number of hydrogen-bond acceptors (Lipinski definition) is 4. The number of amides is 3. The molecule has 0 bridgehead atoms. The summed E-state index contributed by atoms with van der Waals surface area (Å²) in [5.41, 5.74) is 0.860. The molecule has 0 aliphatic carbocycles. The van der Waals surface area contributed by atoms with Crippen molar-refractivity contribution in [3.05, 3.63) is 46.9 Å². The van der Waals surface area contributed by atoms with Crippen LogP contribution in [0.3, 0.4) is 0 Å². The summed E-state index contributed by atoms with van der Waals surface area (Å²) >= 11 is 0. The van der Waals surface area contributed by atoms with Crippen LogP contribution in [-0.2, 0) is 14.3 Å². The Labute approximate surface area is 126 Å². The molecule has 1 aliphatic rings. The monoisotopic (exact) mass is 306 g/mol. The molecule has 116 valence electrons. The highest BCUT2D eigenvalue weighted by atomic mass is 19.1. The highest BCUT2D eigenvalue weighted by molar-refractivity contribution is 6.01. The largest absolute Gasteiger partial charge is 0.466 e. The van der Waals surface area contributed by atoms with Gasteiger partial charge in [-0.15, -0.1) is 0 Å². The smallest absolute Gasteiger partial charge is 0.337 e. The molecular formula is C15H15FN2O4. The van der Waals surface area contributed by atoms with Crippen molar-refractivity contribution in [2.45, 2.75) is 19.9 Å². The molecule has 1 aromatic carbocycles. The van der Waals surface area contributed by atoms with Gasteiger partial charge < -0.3 is 10.1 Å². The van der Waals surface area contributed by atoms with E-state index in [4.69, 9.17) is 4.74 Å². The van der Waals surface area contributed by atoms with Gasteiger partial charge in [0.2, 0.25) is 5.91 Å². The quantitative estimate of drug-likeness (QED) is 0.847. The Kier molecular flexibility index (Phi) is 4.25. The summed E-state index contributed by atoms with van der Waals surface area (Å²) in [6, 6.07) is 3.64. The van der Waals surface area contributed by atoms with Gasteiger partial charge in [-0.05, 0) is 24.6 Å². The average molecular weight is 306 g/mol. The first kappa shape index (κ1) is 15.7. The van der Waals surface area contributed by atoms with E-state index in [1.54, 1.807) is 0 Å². The number of halogens is 1. The molecule has 7 heteroatoms. The van der Waals surface area contributed by atoms with Crippen LogP contribution in [0.15, 0.2) is 35.5 Å². The fourth-order valence-electron chi connectivity index (χ4n) is 2.40. The number of rotatable bonds is 2. The first-order valence-corrected chi connectivity index (χ1v) is 6.52. The Morgan fingerprint density at radius 2 is 1.86 bits per heavy atom. The molecule has 0 spiro atoms. The summed E-state index contributed by atoms with van der Waals surface area (Å²) in [6.07, 6.45) is 0. The fraction of sp³-hybridized carbons (Fsp3) is 0.267. The molecule has 2 rings (SSSR count). The van der Waals surface area contributed by atoms with Crippen molar-refractivity contribution in [3.8, 4) is 0 Å². The number of carbonyl (C=O) groups is 3. The Bertz CT molecular complexity index is 667. The van der Waals surface area contributed by atoms with Gasteiger partial charge in [-0.1, -0.05) is 12.1 Å². The molecule has 0 fully saturated rings. The van der Waals surface area contributed by atoms with Gasteiger partial charge in [0.25, 0.3) is 0 Å². The Hall–Kier alpha value is -2.70. The summed E-state index contributed by atoms with van der Waals surface area (Å²) in [4.78, 5) is 36.9. The van der Waals surface area contributed by atoms with E-state index in [1.165, 1.54) is 45.2 Å². The first-order chi connectivity index (χ1) is 10.4. The number of esters is 1. The molecule has 0 saturated carbocycles.